The van der Waals surface area contributed by atoms with Gasteiger partial charge in [-0.1, -0.05) is 19.9 Å². The molecule has 0 amide bonds. The molecular formula is C14H22N2O4. The Bertz CT molecular complexity index is 472. The smallest absolute Gasteiger partial charge is 0.311 e. The molecule has 0 radical (unpaired) electrons. The quantitative estimate of drug-likeness (QED) is 0.591. The molecule has 0 saturated heterocycles. The first-order valence-electron chi connectivity index (χ1n) is 6.55. The van der Waals surface area contributed by atoms with Gasteiger partial charge in [0.05, 0.1) is 10.5 Å². The van der Waals surface area contributed by atoms with Gasteiger partial charge in [0.2, 0.25) is 0 Å². The monoisotopic (exact) mass is 282 g/mol. The second-order valence-electron chi connectivity index (χ2n) is 5.39. The summed E-state index contributed by atoms with van der Waals surface area (Å²) in [5, 5.41) is 24.1. The Morgan fingerprint density at radius 2 is 2.15 bits per heavy atom. The first-order chi connectivity index (χ1) is 9.27. The van der Waals surface area contributed by atoms with E-state index in [1.54, 1.807) is 26.1 Å². The van der Waals surface area contributed by atoms with Crippen molar-refractivity contribution >= 4 is 5.69 Å². The topological polar surface area (TPSA) is 84.6 Å². The lowest BCUT2D eigenvalue weighted by Gasteiger charge is -2.27. The van der Waals surface area contributed by atoms with Crippen molar-refractivity contribution in [2.24, 2.45) is 5.92 Å². The first-order valence-corrected chi connectivity index (χ1v) is 6.55. The van der Waals surface area contributed by atoms with Crippen LogP contribution < -0.4 is 10.1 Å². The van der Waals surface area contributed by atoms with Gasteiger partial charge in [-0.25, -0.2) is 0 Å². The molecule has 112 valence electrons. The summed E-state index contributed by atoms with van der Waals surface area (Å²) in [5.74, 6) is 0.167. The zero-order chi connectivity index (χ0) is 15.3. The van der Waals surface area contributed by atoms with Crippen molar-refractivity contribution in [1.29, 1.82) is 0 Å². The molecule has 2 N–H and O–H groups in total. The van der Waals surface area contributed by atoms with Gasteiger partial charge in [0.15, 0.2) is 5.75 Å². The number of aliphatic hydroxyl groups is 1. The van der Waals surface area contributed by atoms with Crippen LogP contribution in [0.2, 0.25) is 0 Å². The van der Waals surface area contributed by atoms with Crippen molar-refractivity contribution in [1.82, 2.24) is 5.32 Å². The summed E-state index contributed by atoms with van der Waals surface area (Å²) in [5.41, 5.74) is -0.309. The maximum atomic E-state index is 11.1. The molecule has 0 aliphatic heterocycles. The maximum absolute atomic E-state index is 11.1. The molecule has 0 aromatic heterocycles. The van der Waals surface area contributed by atoms with E-state index in [0.717, 1.165) is 5.56 Å². The number of hydrogen-bond donors (Lipinski definition) is 2. The molecular weight excluding hydrogens is 260 g/mol. The molecule has 1 unspecified atom stereocenters. The molecule has 0 aliphatic carbocycles. The molecule has 6 nitrogen and oxygen atoms in total. The van der Waals surface area contributed by atoms with E-state index in [9.17, 15) is 15.2 Å². The van der Waals surface area contributed by atoms with E-state index >= 15 is 0 Å². The Balaban J connectivity index is 2.92. The molecule has 0 heterocycles. The number of ether oxygens (including phenoxy) is 1. The number of hydrogen-bond acceptors (Lipinski definition) is 5. The van der Waals surface area contributed by atoms with Crippen LogP contribution in [0.1, 0.15) is 26.3 Å². The third-order valence-corrected chi connectivity index (χ3v) is 3.36. The number of nitrogens with one attached hydrogen (secondary N) is 1. The lowest BCUT2D eigenvalue weighted by molar-refractivity contribution is -0.386. The van der Waals surface area contributed by atoms with Crippen LogP contribution in [-0.4, -0.2) is 29.3 Å². The summed E-state index contributed by atoms with van der Waals surface area (Å²) < 4.78 is 5.45. The van der Waals surface area contributed by atoms with E-state index in [-0.39, 0.29) is 24.0 Å². The van der Waals surface area contributed by atoms with Crippen molar-refractivity contribution in [2.45, 2.75) is 32.9 Å². The predicted molar refractivity (Wildman–Crippen MR) is 76.8 cm³/mol. The zero-order valence-electron chi connectivity index (χ0n) is 12.3. The van der Waals surface area contributed by atoms with Crippen LogP contribution in [-0.2, 0) is 6.54 Å². The van der Waals surface area contributed by atoms with E-state index in [4.69, 9.17) is 4.74 Å². The van der Waals surface area contributed by atoms with Gasteiger partial charge in [-0.05, 0) is 31.5 Å². The second-order valence-corrected chi connectivity index (χ2v) is 5.39. The summed E-state index contributed by atoms with van der Waals surface area (Å²) in [6.45, 7) is 5.95. The number of nitrogens with zero attached hydrogens (tertiary/aromatic N) is 1. The molecule has 0 fully saturated rings. The Morgan fingerprint density at radius 3 is 2.65 bits per heavy atom. The average molecular weight is 282 g/mol. The second kappa shape index (κ2) is 6.67. The normalized spacial score (nSPS) is 14.1. The van der Waals surface area contributed by atoms with Gasteiger partial charge in [0.25, 0.3) is 0 Å². The van der Waals surface area contributed by atoms with Crippen LogP contribution in [0.4, 0.5) is 5.69 Å². The van der Waals surface area contributed by atoms with Gasteiger partial charge in [-0.2, -0.15) is 0 Å². The highest BCUT2D eigenvalue weighted by molar-refractivity contribution is 5.48. The SMILES string of the molecule is CNCc1ccc(OCC(C)(O)C(C)C)c([N+](=O)[O-])c1. The minimum atomic E-state index is -1.03. The minimum Gasteiger partial charge on any atom is -0.484 e. The summed E-state index contributed by atoms with van der Waals surface area (Å²) in [4.78, 5) is 10.6. The largest absolute Gasteiger partial charge is 0.484 e. The van der Waals surface area contributed by atoms with Gasteiger partial charge in [0, 0.05) is 12.6 Å². The molecule has 0 bridgehead atoms. The lowest BCUT2D eigenvalue weighted by Crippen LogP contribution is -2.37. The third-order valence-electron chi connectivity index (χ3n) is 3.36. The van der Waals surface area contributed by atoms with Crippen molar-refractivity contribution in [3.8, 4) is 5.75 Å². The lowest BCUT2D eigenvalue weighted by atomic mass is 9.94. The maximum Gasteiger partial charge on any atom is 0.311 e. The standard InChI is InChI=1S/C14H22N2O4/c1-10(2)14(3,17)9-20-13-6-5-11(8-15-4)7-12(13)16(18)19/h5-7,10,15,17H,8-9H2,1-4H3. The molecule has 0 aliphatic rings. The summed E-state index contributed by atoms with van der Waals surface area (Å²) in [6.07, 6.45) is 0. The fourth-order valence-corrected chi connectivity index (χ4v) is 1.53. The molecule has 6 heteroatoms. The van der Waals surface area contributed by atoms with E-state index in [1.165, 1.54) is 6.07 Å². The van der Waals surface area contributed by atoms with Gasteiger partial charge >= 0.3 is 5.69 Å². The molecule has 0 spiro atoms. The first kappa shape index (κ1) is 16.4. The highest BCUT2D eigenvalue weighted by Gasteiger charge is 2.27. The summed E-state index contributed by atoms with van der Waals surface area (Å²) >= 11 is 0. The van der Waals surface area contributed by atoms with Gasteiger partial charge < -0.3 is 15.2 Å². The van der Waals surface area contributed by atoms with Crippen molar-refractivity contribution in [2.75, 3.05) is 13.7 Å². The number of benzene rings is 1. The van der Waals surface area contributed by atoms with E-state index in [0.29, 0.717) is 6.54 Å². The summed E-state index contributed by atoms with van der Waals surface area (Å²) in [7, 11) is 1.77. The molecule has 1 aromatic rings. The Kier molecular flexibility index (Phi) is 5.47. The minimum absolute atomic E-state index is 0.00915. The molecule has 20 heavy (non-hydrogen) atoms. The van der Waals surface area contributed by atoms with Crippen LogP contribution in [0, 0.1) is 16.0 Å². The highest BCUT2D eigenvalue weighted by atomic mass is 16.6. The number of rotatable bonds is 7. The average Bonchev–Trinajstić information content (AvgIpc) is 2.37. The Hall–Kier alpha value is -1.66. The van der Waals surface area contributed by atoms with Crippen molar-refractivity contribution in [3.05, 3.63) is 33.9 Å². The van der Waals surface area contributed by atoms with E-state index < -0.39 is 10.5 Å². The van der Waals surface area contributed by atoms with Crippen LogP contribution in [0.3, 0.4) is 0 Å². The van der Waals surface area contributed by atoms with Gasteiger partial charge in [-0.15, -0.1) is 0 Å². The number of nitro benzene ring substituents is 1. The van der Waals surface area contributed by atoms with Crippen molar-refractivity contribution < 1.29 is 14.8 Å². The summed E-state index contributed by atoms with van der Waals surface area (Å²) in [6, 6.07) is 4.82. The Labute approximate surface area is 118 Å². The highest BCUT2D eigenvalue weighted by Crippen LogP contribution is 2.29. The predicted octanol–water partition coefficient (Wildman–Crippen LogP) is 2.10. The van der Waals surface area contributed by atoms with Crippen LogP contribution in [0.5, 0.6) is 5.75 Å². The van der Waals surface area contributed by atoms with E-state index in [2.05, 4.69) is 5.32 Å². The fourth-order valence-electron chi connectivity index (χ4n) is 1.53. The Morgan fingerprint density at radius 1 is 1.50 bits per heavy atom. The van der Waals surface area contributed by atoms with Crippen LogP contribution in [0.25, 0.3) is 0 Å². The fraction of sp³-hybridized carbons (Fsp3) is 0.571. The van der Waals surface area contributed by atoms with Crippen LogP contribution in [0.15, 0.2) is 18.2 Å². The van der Waals surface area contributed by atoms with E-state index in [1.807, 2.05) is 13.8 Å². The van der Waals surface area contributed by atoms with Gasteiger partial charge in [-0.3, -0.25) is 10.1 Å². The molecule has 1 aromatic carbocycles. The molecule has 1 atom stereocenters. The van der Waals surface area contributed by atoms with Crippen molar-refractivity contribution in [3.63, 3.8) is 0 Å². The molecule has 1 rings (SSSR count). The molecule has 0 saturated carbocycles. The van der Waals surface area contributed by atoms with Crippen LogP contribution >= 0.6 is 0 Å². The third kappa shape index (κ3) is 4.18. The number of nitro groups is 1. The van der Waals surface area contributed by atoms with Gasteiger partial charge in [0.1, 0.15) is 6.61 Å². The zero-order valence-corrected chi connectivity index (χ0v) is 12.3.